The number of halogens is 3. The summed E-state index contributed by atoms with van der Waals surface area (Å²) >= 11 is 0.700. The van der Waals surface area contributed by atoms with Gasteiger partial charge in [-0.25, -0.2) is 4.98 Å². The number of nitrogens with zero attached hydrogens (tertiary/aromatic N) is 1. The first-order valence-electron chi connectivity index (χ1n) is 7.12. The first-order chi connectivity index (χ1) is 11.8. The van der Waals surface area contributed by atoms with Gasteiger partial charge in [0.2, 0.25) is 5.91 Å². The van der Waals surface area contributed by atoms with Crippen molar-refractivity contribution in [1.82, 2.24) is 9.97 Å². The molecule has 0 saturated heterocycles. The summed E-state index contributed by atoms with van der Waals surface area (Å²) in [5, 5.41) is 2.31. The van der Waals surface area contributed by atoms with Crippen LogP contribution in [0.5, 0.6) is 5.75 Å². The largest absolute Gasteiger partial charge is 0.494 e. The normalized spacial score (nSPS) is 11.2. The Bertz CT molecular complexity index is 791. The molecular formula is C15H14F3N3O3S. The van der Waals surface area contributed by atoms with Gasteiger partial charge in [0, 0.05) is 11.8 Å². The molecule has 2 rings (SSSR count). The third-order valence-electron chi connectivity index (χ3n) is 2.80. The maximum atomic E-state index is 12.6. The highest BCUT2D eigenvalue weighted by Crippen LogP contribution is 2.27. The molecule has 2 aromatic rings. The number of anilines is 1. The number of rotatable bonds is 6. The SMILES string of the molecule is CCOc1ccc(NC(=O)CSc2nc(C(F)(F)F)cc(=O)[nH]2)cc1. The number of aromatic amines is 1. The summed E-state index contributed by atoms with van der Waals surface area (Å²) in [6.07, 6.45) is -4.73. The van der Waals surface area contributed by atoms with E-state index in [2.05, 4.69) is 15.3 Å². The lowest BCUT2D eigenvalue weighted by Crippen LogP contribution is -2.18. The van der Waals surface area contributed by atoms with Crippen LogP contribution in [0.4, 0.5) is 18.9 Å². The minimum absolute atomic E-state index is 0.211. The highest BCUT2D eigenvalue weighted by Gasteiger charge is 2.33. The molecule has 25 heavy (non-hydrogen) atoms. The molecule has 0 spiro atoms. The fraction of sp³-hybridized carbons (Fsp3) is 0.267. The second kappa shape index (κ2) is 8.06. The fourth-order valence-electron chi connectivity index (χ4n) is 1.78. The first kappa shape index (κ1) is 18.8. The Morgan fingerprint density at radius 3 is 2.60 bits per heavy atom. The molecule has 0 radical (unpaired) electrons. The van der Waals surface area contributed by atoms with Gasteiger partial charge in [0.05, 0.1) is 12.4 Å². The molecule has 0 unspecified atom stereocenters. The summed E-state index contributed by atoms with van der Waals surface area (Å²) in [4.78, 5) is 28.6. The molecular weight excluding hydrogens is 359 g/mol. The Hall–Kier alpha value is -2.49. The highest BCUT2D eigenvalue weighted by molar-refractivity contribution is 7.99. The number of H-pyrrole nitrogens is 1. The van der Waals surface area contributed by atoms with Crippen molar-refractivity contribution in [1.29, 1.82) is 0 Å². The number of hydrogen-bond donors (Lipinski definition) is 2. The van der Waals surface area contributed by atoms with Crippen LogP contribution in [0.25, 0.3) is 0 Å². The molecule has 10 heteroatoms. The monoisotopic (exact) mass is 373 g/mol. The van der Waals surface area contributed by atoms with E-state index in [1.807, 2.05) is 6.92 Å². The topological polar surface area (TPSA) is 84.1 Å². The van der Waals surface area contributed by atoms with Crippen LogP contribution in [0.2, 0.25) is 0 Å². The second-order valence-electron chi connectivity index (χ2n) is 4.73. The van der Waals surface area contributed by atoms with Crippen molar-refractivity contribution < 1.29 is 22.7 Å². The van der Waals surface area contributed by atoms with Gasteiger partial charge in [-0.05, 0) is 31.2 Å². The molecule has 0 fully saturated rings. The van der Waals surface area contributed by atoms with Crippen LogP contribution in [0, 0.1) is 0 Å². The van der Waals surface area contributed by atoms with E-state index in [-0.39, 0.29) is 10.9 Å². The van der Waals surface area contributed by atoms with E-state index >= 15 is 0 Å². The number of thioether (sulfide) groups is 1. The van der Waals surface area contributed by atoms with E-state index in [1.165, 1.54) is 0 Å². The van der Waals surface area contributed by atoms with E-state index in [0.717, 1.165) is 0 Å². The number of carbonyl (C=O) groups excluding carboxylic acids is 1. The number of carbonyl (C=O) groups is 1. The first-order valence-corrected chi connectivity index (χ1v) is 8.10. The number of nitrogens with one attached hydrogen (secondary N) is 2. The highest BCUT2D eigenvalue weighted by atomic mass is 32.2. The van der Waals surface area contributed by atoms with Gasteiger partial charge in [0.25, 0.3) is 5.56 Å². The predicted octanol–water partition coefficient (Wildman–Crippen LogP) is 2.92. The summed E-state index contributed by atoms with van der Waals surface area (Å²) < 4.78 is 43.1. The van der Waals surface area contributed by atoms with Crippen LogP contribution >= 0.6 is 11.8 Å². The van der Waals surface area contributed by atoms with E-state index in [4.69, 9.17) is 4.74 Å². The second-order valence-corrected chi connectivity index (χ2v) is 5.69. The summed E-state index contributed by atoms with van der Waals surface area (Å²) in [6.45, 7) is 2.36. The van der Waals surface area contributed by atoms with Crippen LogP contribution < -0.4 is 15.6 Å². The quantitative estimate of drug-likeness (QED) is 0.601. The van der Waals surface area contributed by atoms with Crippen molar-refractivity contribution in [2.45, 2.75) is 18.3 Å². The summed E-state index contributed by atoms with van der Waals surface area (Å²) in [6, 6.07) is 7.00. The van der Waals surface area contributed by atoms with Gasteiger partial charge in [-0.15, -0.1) is 0 Å². The van der Waals surface area contributed by atoms with Gasteiger partial charge >= 0.3 is 6.18 Å². The molecule has 0 atom stereocenters. The standard InChI is InChI=1S/C15H14F3N3O3S/c1-2-24-10-5-3-9(4-6-10)19-13(23)8-25-14-20-11(15(16,17)18)7-12(22)21-14/h3-7H,2,8H2,1H3,(H,19,23)(H,20,21,22). The molecule has 134 valence electrons. The van der Waals surface area contributed by atoms with Gasteiger partial charge in [-0.3, -0.25) is 9.59 Å². The number of ether oxygens (including phenoxy) is 1. The van der Waals surface area contributed by atoms with Crippen LogP contribution in [0.1, 0.15) is 12.6 Å². The van der Waals surface area contributed by atoms with E-state index in [0.29, 0.717) is 35.9 Å². The third-order valence-corrected chi connectivity index (χ3v) is 3.67. The predicted molar refractivity (Wildman–Crippen MR) is 86.8 cm³/mol. The lowest BCUT2D eigenvalue weighted by atomic mass is 10.3. The Labute approximate surface area is 144 Å². The van der Waals surface area contributed by atoms with Crippen molar-refractivity contribution in [3.8, 4) is 5.75 Å². The maximum absolute atomic E-state index is 12.6. The summed E-state index contributed by atoms with van der Waals surface area (Å²) in [7, 11) is 0. The van der Waals surface area contributed by atoms with Crippen molar-refractivity contribution in [2.24, 2.45) is 0 Å². The smallest absolute Gasteiger partial charge is 0.433 e. The van der Waals surface area contributed by atoms with Gasteiger partial charge in [0.15, 0.2) is 10.9 Å². The molecule has 1 aromatic carbocycles. The Morgan fingerprint density at radius 2 is 2.00 bits per heavy atom. The Balaban J connectivity index is 1.96. The van der Waals surface area contributed by atoms with E-state index < -0.39 is 23.3 Å². The minimum Gasteiger partial charge on any atom is -0.494 e. The molecule has 1 amide bonds. The van der Waals surface area contributed by atoms with Crippen molar-refractivity contribution in [2.75, 3.05) is 17.7 Å². The molecule has 0 aliphatic carbocycles. The molecule has 0 aliphatic rings. The fourth-order valence-corrected chi connectivity index (χ4v) is 2.46. The molecule has 1 heterocycles. The zero-order valence-corrected chi connectivity index (χ0v) is 13.8. The van der Waals surface area contributed by atoms with Gasteiger partial charge in [-0.2, -0.15) is 13.2 Å². The lowest BCUT2D eigenvalue weighted by Gasteiger charge is -2.08. The number of benzene rings is 1. The number of aromatic nitrogens is 2. The van der Waals surface area contributed by atoms with Crippen LogP contribution in [0.3, 0.4) is 0 Å². The minimum atomic E-state index is -4.73. The van der Waals surface area contributed by atoms with Crippen LogP contribution in [0.15, 0.2) is 40.3 Å². The number of hydrogen-bond acceptors (Lipinski definition) is 5. The average molecular weight is 373 g/mol. The Morgan fingerprint density at radius 1 is 1.32 bits per heavy atom. The molecule has 0 saturated carbocycles. The summed E-state index contributed by atoms with van der Waals surface area (Å²) in [5.41, 5.74) is -1.72. The molecule has 0 aliphatic heterocycles. The van der Waals surface area contributed by atoms with Crippen molar-refractivity contribution >= 4 is 23.4 Å². The Kier molecular flexibility index (Phi) is 6.07. The average Bonchev–Trinajstić information content (AvgIpc) is 2.54. The number of alkyl halides is 3. The summed E-state index contributed by atoms with van der Waals surface area (Å²) in [5.74, 6) is -0.00730. The van der Waals surface area contributed by atoms with Gasteiger partial charge in [0.1, 0.15) is 5.75 Å². The zero-order chi connectivity index (χ0) is 18.4. The molecule has 1 aromatic heterocycles. The van der Waals surface area contributed by atoms with Crippen molar-refractivity contribution in [3.05, 3.63) is 46.4 Å². The molecule has 2 N–H and O–H groups in total. The van der Waals surface area contributed by atoms with Gasteiger partial charge in [-0.1, -0.05) is 11.8 Å². The van der Waals surface area contributed by atoms with Crippen LogP contribution in [-0.2, 0) is 11.0 Å². The lowest BCUT2D eigenvalue weighted by molar-refractivity contribution is -0.141. The zero-order valence-electron chi connectivity index (χ0n) is 13.0. The van der Waals surface area contributed by atoms with E-state index in [1.54, 1.807) is 24.3 Å². The number of amides is 1. The maximum Gasteiger partial charge on any atom is 0.433 e. The van der Waals surface area contributed by atoms with Crippen LogP contribution in [-0.4, -0.2) is 28.2 Å². The molecule has 6 nitrogen and oxygen atoms in total. The third kappa shape index (κ3) is 5.82. The molecule has 0 bridgehead atoms. The van der Waals surface area contributed by atoms with Gasteiger partial charge < -0.3 is 15.0 Å². The van der Waals surface area contributed by atoms with E-state index in [9.17, 15) is 22.8 Å². The van der Waals surface area contributed by atoms with Crippen molar-refractivity contribution in [3.63, 3.8) is 0 Å².